The summed E-state index contributed by atoms with van der Waals surface area (Å²) in [4.78, 5) is 28.7. The molecule has 2 aliphatic rings. The summed E-state index contributed by atoms with van der Waals surface area (Å²) in [6.07, 6.45) is 7.14. The average Bonchev–Trinajstić information content (AvgIpc) is 3.12. The fourth-order valence-corrected chi connectivity index (χ4v) is 2.50. The molecule has 0 bridgehead atoms. The van der Waals surface area contributed by atoms with Gasteiger partial charge in [-0.15, -0.1) is 0 Å². The molecule has 1 aliphatic carbocycles. The predicted molar refractivity (Wildman–Crippen MR) is 70.4 cm³/mol. The quantitative estimate of drug-likeness (QED) is 0.696. The van der Waals surface area contributed by atoms with Crippen LogP contribution in [0.25, 0.3) is 0 Å². The molecule has 0 aromatic heterocycles. The van der Waals surface area contributed by atoms with Gasteiger partial charge in [0.05, 0.1) is 33.3 Å². The minimum atomic E-state index is -0.369. The Hall–Kier alpha value is -1.66. The lowest BCUT2D eigenvalue weighted by Crippen LogP contribution is -2.38. The summed E-state index contributed by atoms with van der Waals surface area (Å²) in [6.45, 7) is 0.652. The second kappa shape index (κ2) is 6.67. The number of hydroxylamine groups is 2. The highest BCUT2D eigenvalue weighted by molar-refractivity contribution is 5.74. The Kier molecular flexibility index (Phi) is 4.92. The number of rotatable bonds is 5. The lowest BCUT2D eigenvalue weighted by molar-refractivity contribution is -0.150. The van der Waals surface area contributed by atoms with Crippen LogP contribution in [-0.2, 0) is 23.9 Å². The first-order chi connectivity index (χ1) is 9.67. The van der Waals surface area contributed by atoms with Crippen molar-refractivity contribution in [3.8, 4) is 0 Å². The van der Waals surface area contributed by atoms with Gasteiger partial charge in [-0.2, -0.15) is 5.06 Å². The molecule has 0 spiro atoms. The van der Waals surface area contributed by atoms with E-state index in [0.717, 1.165) is 12.0 Å². The first-order valence-electron chi connectivity index (χ1n) is 6.58. The van der Waals surface area contributed by atoms with Gasteiger partial charge in [0.15, 0.2) is 0 Å². The van der Waals surface area contributed by atoms with Gasteiger partial charge < -0.3 is 9.47 Å². The van der Waals surface area contributed by atoms with Crippen LogP contribution in [0.3, 0.4) is 0 Å². The summed E-state index contributed by atoms with van der Waals surface area (Å²) in [7, 11) is 2.72. The molecule has 0 aromatic rings. The molecule has 20 heavy (non-hydrogen) atoms. The van der Waals surface area contributed by atoms with Crippen LogP contribution in [0.1, 0.15) is 12.8 Å². The van der Waals surface area contributed by atoms with Crippen molar-refractivity contribution < 1.29 is 23.9 Å². The van der Waals surface area contributed by atoms with E-state index in [1.54, 1.807) is 5.06 Å². The van der Waals surface area contributed by atoms with Crippen molar-refractivity contribution >= 4 is 11.9 Å². The van der Waals surface area contributed by atoms with Crippen molar-refractivity contribution in [3.05, 3.63) is 23.8 Å². The van der Waals surface area contributed by atoms with E-state index in [2.05, 4.69) is 10.8 Å². The zero-order valence-corrected chi connectivity index (χ0v) is 11.7. The number of esters is 2. The van der Waals surface area contributed by atoms with Crippen LogP contribution in [0, 0.1) is 5.92 Å². The molecule has 1 fully saturated rings. The van der Waals surface area contributed by atoms with Gasteiger partial charge in [-0.25, -0.2) is 0 Å². The van der Waals surface area contributed by atoms with E-state index in [1.165, 1.54) is 14.2 Å². The number of allylic oxidation sites excluding steroid dienone is 2. The number of carbonyl (C=O) groups is 2. The van der Waals surface area contributed by atoms with E-state index in [1.807, 2.05) is 12.2 Å². The normalized spacial score (nSPS) is 25.6. The summed E-state index contributed by atoms with van der Waals surface area (Å²) >= 11 is 0. The number of carbonyl (C=O) groups excluding carboxylic acids is 2. The second-order valence-electron chi connectivity index (χ2n) is 4.68. The topological polar surface area (TPSA) is 65.1 Å². The van der Waals surface area contributed by atoms with E-state index in [4.69, 9.17) is 9.57 Å². The van der Waals surface area contributed by atoms with E-state index < -0.39 is 0 Å². The highest BCUT2D eigenvalue weighted by atomic mass is 16.7. The van der Waals surface area contributed by atoms with Crippen molar-refractivity contribution in [2.75, 3.05) is 27.4 Å². The number of nitrogens with zero attached hydrogens (tertiary/aromatic N) is 1. The predicted octanol–water partition coefficient (Wildman–Crippen LogP) is 0.841. The van der Waals surface area contributed by atoms with Crippen molar-refractivity contribution in [1.82, 2.24) is 5.06 Å². The third-order valence-electron chi connectivity index (χ3n) is 3.52. The second-order valence-corrected chi connectivity index (χ2v) is 4.68. The van der Waals surface area contributed by atoms with E-state index >= 15 is 0 Å². The Balaban J connectivity index is 2.09. The molecule has 6 heteroatoms. The van der Waals surface area contributed by atoms with Gasteiger partial charge in [-0.3, -0.25) is 14.4 Å². The molecule has 2 atom stereocenters. The first kappa shape index (κ1) is 14.7. The Morgan fingerprint density at radius 1 is 1.40 bits per heavy atom. The molecular formula is C14H19NO5. The van der Waals surface area contributed by atoms with E-state index in [0.29, 0.717) is 6.54 Å². The Morgan fingerprint density at radius 3 is 2.80 bits per heavy atom. The van der Waals surface area contributed by atoms with Crippen molar-refractivity contribution in [2.24, 2.45) is 5.92 Å². The summed E-state index contributed by atoms with van der Waals surface area (Å²) in [6, 6.07) is -0.203. The standard InChI is InChI=1S/C14H19NO5/c1-18-12(16)7-8-15-13(10-5-3-4-6-10)11(9-20-15)14(17)19-2/h3,5-6,11,13H,4,7-9H2,1-2H3/t11-,13+/m0/s1. The molecule has 1 aliphatic heterocycles. The highest BCUT2D eigenvalue weighted by Crippen LogP contribution is 2.31. The summed E-state index contributed by atoms with van der Waals surface area (Å²) < 4.78 is 9.46. The van der Waals surface area contributed by atoms with Crippen LogP contribution in [0.15, 0.2) is 23.8 Å². The van der Waals surface area contributed by atoms with Gasteiger partial charge in [-0.1, -0.05) is 18.2 Å². The molecule has 0 aromatic carbocycles. The highest BCUT2D eigenvalue weighted by Gasteiger charge is 2.42. The van der Waals surface area contributed by atoms with Gasteiger partial charge in [-0.05, 0) is 12.0 Å². The maximum atomic E-state index is 11.8. The number of methoxy groups -OCH3 is 2. The largest absolute Gasteiger partial charge is 0.469 e. The fourth-order valence-electron chi connectivity index (χ4n) is 2.50. The van der Waals surface area contributed by atoms with Crippen LogP contribution in [0.5, 0.6) is 0 Å². The van der Waals surface area contributed by atoms with Crippen molar-refractivity contribution in [3.63, 3.8) is 0 Å². The Labute approximate surface area is 117 Å². The van der Waals surface area contributed by atoms with Crippen LogP contribution in [0.4, 0.5) is 0 Å². The third-order valence-corrected chi connectivity index (χ3v) is 3.52. The summed E-state index contributed by atoms with van der Waals surface area (Å²) in [5.41, 5.74) is 1.03. The van der Waals surface area contributed by atoms with Gasteiger partial charge in [0.1, 0.15) is 5.92 Å². The molecule has 0 saturated carbocycles. The number of hydrogen-bond acceptors (Lipinski definition) is 6. The molecule has 6 nitrogen and oxygen atoms in total. The third kappa shape index (κ3) is 3.08. The van der Waals surface area contributed by atoms with Gasteiger partial charge >= 0.3 is 11.9 Å². The lowest BCUT2D eigenvalue weighted by atomic mass is 9.94. The SMILES string of the molecule is COC(=O)CCN1OC[C@H](C(=O)OC)[C@H]1C1=CCC=C1. The van der Waals surface area contributed by atoms with Crippen molar-refractivity contribution in [2.45, 2.75) is 18.9 Å². The zero-order chi connectivity index (χ0) is 14.5. The Morgan fingerprint density at radius 2 is 2.20 bits per heavy atom. The van der Waals surface area contributed by atoms with Crippen LogP contribution < -0.4 is 0 Å². The zero-order valence-electron chi connectivity index (χ0n) is 11.7. The molecule has 0 unspecified atom stereocenters. The maximum absolute atomic E-state index is 11.8. The van der Waals surface area contributed by atoms with E-state index in [9.17, 15) is 9.59 Å². The molecule has 110 valence electrons. The van der Waals surface area contributed by atoms with Crippen LogP contribution in [-0.4, -0.2) is 50.4 Å². The monoisotopic (exact) mass is 281 g/mol. The number of ether oxygens (including phenoxy) is 2. The minimum absolute atomic E-state index is 0.203. The smallest absolute Gasteiger partial charge is 0.313 e. The summed E-state index contributed by atoms with van der Waals surface area (Å²) in [5.74, 6) is -0.965. The first-order valence-corrected chi connectivity index (χ1v) is 6.58. The lowest BCUT2D eigenvalue weighted by Gasteiger charge is -2.24. The molecule has 1 saturated heterocycles. The van der Waals surface area contributed by atoms with Crippen LogP contribution >= 0.6 is 0 Å². The number of hydrogen-bond donors (Lipinski definition) is 0. The fraction of sp³-hybridized carbons (Fsp3) is 0.571. The molecule has 0 amide bonds. The molecule has 0 radical (unpaired) electrons. The average molecular weight is 281 g/mol. The van der Waals surface area contributed by atoms with E-state index in [-0.39, 0.29) is 36.9 Å². The Bertz CT molecular complexity index is 443. The van der Waals surface area contributed by atoms with Gasteiger partial charge in [0, 0.05) is 6.54 Å². The molecular weight excluding hydrogens is 262 g/mol. The van der Waals surface area contributed by atoms with Crippen molar-refractivity contribution in [1.29, 1.82) is 0 Å². The van der Waals surface area contributed by atoms with Gasteiger partial charge in [0.2, 0.25) is 0 Å². The molecule has 2 rings (SSSR count). The maximum Gasteiger partial charge on any atom is 0.313 e. The molecule has 1 heterocycles. The van der Waals surface area contributed by atoms with Gasteiger partial charge in [0.25, 0.3) is 0 Å². The molecule has 0 N–H and O–H groups in total. The van der Waals surface area contributed by atoms with Crippen LogP contribution in [0.2, 0.25) is 0 Å². The summed E-state index contributed by atoms with van der Waals surface area (Å²) in [5, 5.41) is 1.68. The minimum Gasteiger partial charge on any atom is -0.469 e.